The summed E-state index contributed by atoms with van der Waals surface area (Å²) in [4.78, 5) is 8.28. The van der Waals surface area contributed by atoms with Crippen molar-refractivity contribution in [2.24, 2.45) is 7.05 Å². The molecule has 4 heteroatoms. The van der Waals surface area contributed by atoms with Crippen LogP contribution in [0, 0.1) is 20.4 Å². The lowest BCUT2D eigenvalue weighted by Crippen LogP contribution is -2.37. The van der Waals surface area contributed by atoms with Gasteiger partial charge in [0.15, 0.2) is 11.4 Å². The summed E-state index contributed by atoms with van der Waals surface area (Å²) < 4.78 is 4.21. The van der Waals surface area contributed by atoms with Crippen LogP contribution in [-0.4, -0.2) is 4.98 Å². The fourth-order valence-corrected chi connectivity index (χ4v) is 3.54. The predicted octanol–water partition coefficient (Wildman–Crippen LogP) is 4.17. The zero-order valence-corrected chi connectivity index (χ0v) is 15.6. The summed E-state index contributed by atoms with van der Waals surface area (Å²) in [5.41, 5.74) is 5.94. The number of para-hydroxylation sites is 1. The number of aromatic nitrogens is 3. The first-order valence-electron chi connectivity index (χ1n) is 8.84. The van der Waals surface area contributed by atoms with Gasteiger partial charge in [0.25, 0.3) is 0 Å². The Morgan fingerprint density at radius 2 is 1.81 bits per heavy atom. The quantitative estimate of drug-likeness (QED) is 0.393. The molecule has 27 heavy (non-hydrogen) atoms. The summed E-state index contributed by atoms with van der Waals surface area (Å²) in [5.74, 6) is 0.847. The minimum atomic E-state index is 0.607. The molecule has 0 fully saturated rings. The van der Waals surface area contributed by atoms with Gasteiger partial charge >= 0.3 is 5.82 Å². The average molecular weight is 352 g/mol. The summed E-state index contributed by atoms with van der Waals surface area (Å²) >= 11 is 0. The predicted molar refractivity (Wildman–Crippen MR) is 106 cm³/mol. The maximum absolute atomic E-state index is 7.59. The van der Waals surface area contributed by atoms with Crippen LogP contribution in [0.15, 0.2) is 67.0 Å². The van der Waals surface area contributed by atoms with Gasteiger partial charge in [0.05, 0.1) is 25.4 Å². The Labute approximate surface area is 158 Å². The van der Waals surface area contributed by atoms with E-state index in [0.717, 1.165) is 33.8 Å². The monoisotopic (exact) mass is 352 g/mol. The van der Waals surface area contributed by atoms with E-state index in [1.807, 2.05) is 48.1 Å². The maximum atomic E-state index is 7.59. The van der Waals surface area contributed by atoms with Crippen molar-refractivity contribution in [1.29, 1.82) is 0 Å². The number of aryl methyl sites for hydroxylation is 2. The lowest BCUT2D eigenvalue weighted by atomic mass is 10.0. The number of hydrogen-bond acceptors (Lipinski definition) is 1. The van der Waals surface area contributed by atoms with Crippen molar-refractivity contribution >= 4 is 16.6 Å². The van der Waals surface area contributed by atoms with E-state index < -0.39 is 0 Å². The zero-order valence-electron chi connectivity index (χ0n) is 15.6. The van der Waals surface area contributed by atoms with E-state index in [4.69, 9.17) is 6.57 Å². The highest BCUT2D eigenvalue weighted by Gasteiger charge is 2.25. The molecule has 4 rings (SSSR count). The van der Waals surface area contributed by atoms with Crippen LogP contribution in [0.25, 0.3) is 32.8 Å². The van der Waals surface area contributed by atoms with Gasteiger partial charge in [0, 0.05) is 42.1 Å². The molecule has 0 saturated heterocycles. The minimum Gasteiger partial charge on any atom is -0.238 e. The van der Waals surface area contributed by atoms with Crippen molar-refractivity contribution in [1.82, 2.24) is 4.98 Å². The van der Waals surface area contributed by atoms with Crippen LogP contribution in [0.2, 0.25) is 0 Å². The summed E-state index contributed by atoms with van der Waals surface area (Å²) in [6.07, 6.45) is 3.76. The molecule has 4 aromatic rings. The molecule has 4 nitrogen and oxygen atoms in total. The third-order valence-corrected chi connectivity index (χ3v) is 4.94. The molecule has 0 bridgehead atoms. The Kier molecular flexibility index (Phi) is 4.13. The number of nitrogens with zero attached hydrogens (tertiary/aromatic N) is 4. The van der Waals surface area contributed by atoms with Crippen molar-refractivity contribution in [3.05, 3.63) is 89.7 Å². The molecule has 0 aliphatic carbocycles. The van der Waals surface area contributed by atoms with E-state index >= 15 is 0 Å². The molecule has 0 amide bonds. The average Bonchev–Trinajstić information content (AvgIpc) is 2.69. The van der Waals surface area contributed by atoms with E-state index in [1.54, 1.807) is 6.20 Å². The van der Waals surface area contributed by atoms with Gasteiger partial charge in [-0.1, -0.05) is 12.1 Å². The first-order valence-corrected chi connectivity index (χ1v) is 8.84. The van der Waals surface area contributed by atoms with Crippen LogP contribution >= 0.6 is 0 Å². The van der Waals surface area contributed by atoms with Crippen LogP contribution in [0.5, 0.6) is 0 Å². The number of benzene rings is 2. The highest BCUT2D eigenvalue weighted by molar-refractivity contribution is 5.77. The highest BCUT2D eigenvalue weighted by atomic mass is 15.0. The maximum Gasteiger partial charge on any atom is 0.329 e. The third-order valence-electron chi connectivity index (χ3n) is 4.94. The largest absolute Gasteiger partial charge is 0.329 e. The molecule has 0 radical (unpaired) electrons. The Balaban J connectivity index is 2.10. The van der Waals surface area contributed by atoms with E-state index in [9.17, 15) is 0 Å². The molecule has 2 aromatic heterocycles. The van der Waals surface area contributed by atoms with E-state index in [2.05, 4.69) is 52.5 Å². The lowest BCUT2D eigenvalue weighted by molar-refractivity contribution is -0.663. The number of fused-ring (bicyclic) bond motifs is 1. The number of rotatable bonds is 2. The fraction of sp³-hybridized carbons (Fsp3) is 0.130. The molecule has 130 valence electrons. The minimum absolute atomic E-state index is 0.607. The Hall–Kier alpha value is -3.58. The fourth-order valence-electron chi connectivity index (χ4n) is 3.54. The normalized spacial score (nSPS) is 10.7. The summed E-state index contributed by atoms with van der Waals surface area (Å²) in [6, 6.07) is 18.4. The van der Waals surface area contributed by atoms with Crippen molar-refractivity contribution in [2.75, 3.05) is 0 Å². The first-order chi connectivity index (χ1) is 13.1. The molecule has 0 atom stereocenters. The van der Waals surface area contributed by atoms with Crippen molar-refractivity contribution in [2.45, 2.75) is 13.8 Å². The molecule has 0 unspecified atom stereocenters. The summed E-state index contributed by atoms with van der Waals surface area (Å²) in [5, 5.41) is 1.17. The first kappa shape index (κ1) is 16.9. The Morgan fingerprint density at radius 1 is 1.00 bits per heavy atom. The van der Waals surface area contributed by atoms with Crippen molar-refractivity contribution in [3.63, 3.8) is 0 Å². The van der Waals surface area contributed by atoms with Gasteiger partial charge in [-0.15, -0.1) is 0 Å². The molecule has 2 heterocycles. The van der Waals surface area contributed by atoms with Gasteiger partial charge in [0.2, 0.25) is 11.2 Å². The second-order valence-electron chi connectivity index (χ2n) is 6.67. The Bertz CT molecular complexity index is 1220. The second-order valence-corrected chi connectivity index (χ2v) is 6.67. The number of hydrogen-bond donors (Lipinski definition) is 0. The highest BCUT2D eigenvalue weighted by Crippen LogP contribution is 2.29. The molecule has 2 aromatic carbocycles. The van der Waals surface area contributed by atoms with Crippen LogP contribution in [-0.2, 0) is 7.05 Å². The van der Waals surface area contributed by atoms with Crippen LogP contribution in [0.3, 0.4) is 0 Å². The van der Waals surface area contributed by atoms with Crippen molar-refractivity contribution < 1.29 is 9.13 Å². The third kappa shape index (κ3) is 2.84. The molecule has 0 aliphatic heterocycles. The molecular formula is C23H20N4+2. The van der Waals surface area contributed by atoms with Gasteiger partial charge < -0.3 is 0 Å². The standard InChI is InChI=1S/C23H20N4/c1-16-10-11-18-8-5-6-9-21(18)27(16)22-15-19(24-3)14-20(17(22)2)23-25-12-7-13-26(23)4/h5-15H,1-2,4H3/q+2. The summed E-state index contributed by atoms with van der Waals surface area (Å²) in [7, 11) is 1.97. The van der Waals surface area contributed by atoms with Gasteiger partial charge in [-0.05, 0) is 30.1 Å². The smallest absolute Gasteiger partial charge is 0.238 e. The van der Waals surface area contributed by atoms with Gasteiger partial charge in [-0.2, -0.15) is 4.57 Å². The van der Waals surface area contributed by atoms with Crippen LogP contribution in [0.1, 0.15) is 11.3 Å². The molecular weight excluding hydrogens is 332 g/mol. The van der Waals surface area contributed by atoms with E-state index in [0.29, 0.717) is 5.69 Å². The SMILES string of the molecule is [C-]#[N+]c1cc(-c2nccc[n+]2C)c(C)c(-[n+]2c(C)ccc3ccccc32)c1. The molecule has 0 saturated carbocycles. The Morgan fingerprint density at radius 3 is 2.59 bits per heavy atom. The lowest BCUT2D eigenvalue weighted by Gasteiger charge is -2.10. The molecule has 0 N–H and O–H groups in total. The second kappa shape index (κ2) is 6.62. The van der Waals surface area contributed by atoms with E-state index in [1.165, 1.54) is 5.39 Å². The molecule has 0 aliphatic rings. The molecule has 0 spiro atoms. The zero-order chi connectivity index (χ0) is 19.0. The van der Waals surface area contributed by atoms with E-state index in [-0.39, 0.29) is 0 Å². The summed E-state index contributed by atoms with van der Waals surface area (Å²) in [6.45, 7) is 11.8. The topological polar surface area (TPSA) is 25.0 Å². The van der Waals surface area contributed by atoms with Gasteiger partial charge in [0.1, 0.15) is 6.20 Å². The number of pyridine rings is 1. The van der Waals surface area contributed by atoms with Crippen LogP contribution < -0.4 is 9.13 Å². The van der Waals surface area contributed by atoms with Crippen molar-refractivity contribution in [3.8, 4) is 17.1 Å². The van der Waals surface area contributed by atoms with Gasteiger partial charge in [-0.3, -0.25) is 0 Å². The van der Waals surface area contributed by atoms with Gasteiger partial charge in [-0.25, -0.2) is 9.41 Å². The van der Waals surface area contributed by atoms with Crippen LogP contribution in [0.4, 0.5) is 5.69 Å².